The van der Waals surface area contributed by atoms with E-state index in [1.807, 2.05) is 0 Å². The molecule has 0 aliphatic rings. The third-order valence-corrected chi connectivity index (χ3v) is 4.15. The van der Waals surface area contributed by atoms with E-state index < -0.39 is 17.4 Å². The van der Waals surface area contributed by atoms with Gasteiger partial charge in [-0.25, -0.2) is 0 Å². The van der Waals surface area contributed by atoms with E-state index in [0.29, 0.717) is 12.0 Å². The molecule has 1 rings (SSSR count). The van der Waals surface area contributed by atoms with Crippen LogP contribution < -0.4 is 0 Å². The second-order valence-corrected chi connectivity index (χ2v) is 5.75. The van der Waals surface area contributed by atoms with Crippen molar-refractivity contribution in [1.29, 1.82) is 0 Å². The van der Waals surface area contributed by atoms with Crippen LogP contribution in [0.15, 0.2) is 30.3 Å². The van der Waals surface area contributed by atoms with Crippen LogP contribution in [-0.4, -0.2) is 45.2 Å². The summed E-state index contributed by atoms with van der Waals surface area (Å²) in [6.45, 7) is 2.16. The molecule has 0 unspecified atom stereocenters. The van der Waals surface area contributed by atoms with E-state index in [9.17, 15) is 19.8 Å². The van der Waals surface area contributed by atoms with Gasteiger partial charge >= 0.3 is 35.0 Å². The molecule has 1 aromatic carbocycles. The molecule has 0 amide bonds. The highest BCUT2D eigenvalue weighted by atomic mass is 24.3. The number of aliphatic carboxylic acids is 2. The Morgan fingerprint density at radius 3 is 1.83 bits per heavy atom. The van der Waals surface area contributed by atoms with E-state index in [0.717, 1.165) is 19.3 Å². The van der Waals surface area contributed by atoms with E-state index in [1.165, 1.54) is 19.3 Å². The van der Waals surface area contributed by atoms with Gasteiger partial charge in [0.1, 0.15) is 0 Å². The SMILES string of the molecule is CCCCCCCCCC(C(=O)O)(C(=O)O)c1ccccc1.[MgH2]. The minimum absolute atomic E-state index is 0. The summed E-state index contributed by atoms with van der Waals surface area (Å²) in [5.41, 5.74) is -1.48. The minimum Gasteiger partial charge on any atom is -0.480 e. The molecule has 0 saturated carbocycles. The molecule has 5 heteroatoms. The van der Waals surface area contributed by atoms with Crippen LogP contribution in [0.3, 0.4) is 0 Å². The molecule has 0 atom stereocenters. The third-order valence-electron chi connectivity index (χ3n) is 4.15. The fourth-order valence-electron chi connectivity index (χ4n) is 2.77. The zero-order valence-electron chi connectivity index (χ0n) is 13.3. The largest absolute Gasteiger partial charge is 0.480 e. The van der Waals surface area contributed by atoms with Crippen molar-refractivity contribution in [1.82, 2.24) is 0 Å². The Bertz CT molecular complexity index is 459. The molecule has 0 radical (unpaired) electrons. The number of hydrogen-bond acceptors (Lipinski definition) is 2. The Balaban J connectivity index is 0.00000484. The van der Waals surface area contributed by atoms with E-state index in [2.05, 4.69) is 6.92 Å². The minimum atomic E-state index is -1.83. The first-order valence-electron chi connectivity index (χ1n) is 8.08. The number of carboxylic acids is 2. The fourth-order valence-corrected chi connectivity index (χ4v) is 2.77. The van der Waals surface area contributed by atoms with Gasteiger partial charge in [-0.05, 0) is 12.0 Å². The fraction of sp³-hybridized carbons (Fsp3) is 0.556. The Kier molecular flexibility index (Phi) is 10.9. The summed E-state index contributed by atoms with van der Waals surface area (Å²) in [4.78, 5) is 23.4. The quantitative estimate of drug-likeness (QED) is 0.370. The summed E-state index contributed by atoms with van der Waals surface area (Å²) < 4.78 is 0. The summed E-state index contributed by atoms with van der Waals surface area (Å²) in [5.74, 6) is -2.56. The average molecular weight is 333 g/mol. The normalized spacial score (nSPS) is 10.8. The molecule has 0 saturated heterocycles. The molecular weight excluding hydrogens is 304 g/mol. The second kappa shape index (κ2) is 11.5. The Morgan fingerprint density at radius 2 is 1.35 bits per heavy atom. The van der Waals surface area contributed by atoms with Crippen molar-refractivity contribution >= 4 is 35.0 Å². The summed E-state index contributed by atoms with van der Waals surface area (Å²) in [6.07, 6.45) is 7.38. The van der Waals surface area contributed by atoms with Gasteiger partial charge < -0.3 is 10.2 Å². The van der Waals surface area contributed by atoms with E-state index in [4.69, 9.17) is 0 Å². The molecule has 2 N–H and O–H groups in total. The lowest BCUT2D eigenvalue weighted by atomic mass is 9.76. The Labute approximate surface area is 154 Å². The predicted molar refractivity (Wildman–Crippen MR) is 94.5 cm³/mol. The predicted octanol–water partition coefficient (Wildman–Crippen LogP) is 3.32. The summed E-state index contributed by atoms with van der Waals surface area (Å²) in [6, 6.07) is 8.29. The number of rotatable bonds is 11. The van der Waals surface area contributed by atoms with Crippen molar-refractivity contribution < 1.29 is 19.8 Å². The highest BCUT2D eigenvalue weighted by Crippen LogP contribution is 2.31. The number of unbranched alkanes of at least 4 members (excludes halogenated alkanes) is 6. The Hall–Kier alpha value is -1.07. The van der Waals surface area contributed by atoms with Crippen LogP contribution in [0, 0.1) is 0 Å². The van der Waals surface area contributed by atoms with Gasteiger partial charge in [-0.15, -0.1) is 0 Å². The first-order chi connectivity index (χ1) is 10.6. The van der Waals surface area contributed by atoms with Crippen LogP contribution in [0.25, 0.3) is 0 Å². The molecule has 0 fully saturated rings. The maximum absolute atomic E-state index is 11.7. The van der Waals surface area contributed by atoms with Crippen molar-refractivity contribution in [2.24, 2.45) is 0 Å². The molecule has 0 aliphatic heterocycles. The van der Waals surface area contributed by atoms with Gasteiger partial charge in [-0.1, -0.05) is 82.2 Å². The van der Waals surface area contributed by atoms with Gasteiger partial charge in [0.2, 0.25) is 0 Å². The molecule has 23 heavy (non-hydrogen) atoms. The average Bonchev–Trinajstić information content (AvgIpc) is 2.50. The molecule has 4 nitrogen and oxygen atoms in total. The first-order valence-corrected chi connectivity index (χ1v) is 8.08. The number of carboxylic acid groups (broad SMARTS) is 2. The van der Waals surface area contributed by atoms with Crippen LogP contribution in [0.5, 0.6) is 0 Å². The highest BCUT2D eigenvalue weighted by molar-refractivity contribution is 6.04. The van der Waals surface area contributed by atoms with Crippen molar-refractivity contribution in [2.45, 2.75) is 63.7 Å². The van der Waals surface area contributed by atoms with Crippen molar-refractivity contribution in [3.05, 3.63) is 35.9 Å². The zero-order valence-corrected chi connectivity index (χ0v) is 13.3. The number of benzene rings is 1. The van der Waals surface area contributed by atoms with Crippen LogP contribution in [0.2, 0.25) is 0 Å². The Morgan fingerprint density at radius 1 is 0.870 bits per heavy atom. The van der Waals surface area contributed by atoms with Crippen molar-refractivity contribution in [3.8, 4) is 0 Å². The number of carbonyl (C=O) groups is 2. The second-order valence-electron chi connectivity index (χ2n) is 5.75. The van der Waals surface area contributed by atoms with Gasteiger partial charge in [0.15, 0.2) is 5.41 Å². The van der Waals surface area contributed by atoms with Gasteiger partial charge in [0.05, 0.1) is 0 Å². The summed E-state index contributed by atoms with van der Waals surface area (Å²) >= 11 is 0. The van der Waals surface area contributed by atoms with Gasteiger partial charge in [0.25, 0.3) is 0 Å². The van der Waals surface area contributed by atoms with Crippen LogP contribution >= 0.6 is 0 Å². The van der Waals surface area contributed by atoms with Crippen LogP contribution in [0.1, 0.15) is 63.9 Å². The molecular formula is C18H28MgO4. The summed E-state index contributed by atoms with van der Waals surface area (Å²) in [7, 11) is 0. The van der Waals surface area contributed by atoms with E-state index in [1.54, 1.807) is 30.3 Å². The molecule has 0 heterocycles. The lowest BCUT2D eigenvalue weighted by Gasteiger charge is -2.25. The summed E-state index contributed by atoms with van der Waals surface area (Å²) in [5, 5.41) is 19.1. The molecule has 0 aromatic heterocycles. The molecule has 0 bridgehead atoms. The van der Waals surface area contributed by atoms with Crippen molar-refractivity contribution in [3.63, 3.8) is 0 Å². The van der Waals surface area contributed by atoms with Gasteiger partial charge in [-0.2, -0.15) is 0 Å². The molecule has 0 aliphatic carbocycles. The maximum Gasteiger partial charge on any atom is 0.325 e. The molecule has 126 valence electrons. The van der Waals surface area contributed by atoms with E-state index in [-0.39, 0.29) is 29.5 Å². The zero-order chi connectivity index (χ0) is 16.4. The topological polar surface area (TPSA) is 74.6 Å². The lowest BCUT2D eigenvalue weighted by Crippen LogP contribution is -2.43. The van der Waals surface area contributed by atoms with Crippen LogP contribution in [0.4, 0.5) is 0 Å². The monoisotopic (exact) mass is 332 g/mol. The molecule has 0 spiro atoms. The highest BCUT2D eigenvalue weighted by Gasteiger charge is 2.47. The third kappa shape index (κ3) is 6.14. The van der Waals surface area contributed by atoms with E-state index >= 15 is 0 Å². The lowest BCUT2D eigenvalue weighted by molar-refractivity contribution is -0.158. The number of hydrogen-bond donors (Lipinski definition) is 2. The van der Waals surface area contributed by atoms with Crippen molar-refractivity contribution in [2.75, 3.05) is 0 Å². The molecule has 1 aromatic rings. The standard InChI is InChI=1S/C18H26O4.Mg.2H/c1-2-3-4-5-6-7-11-14-18(16(19)20,17(21)22)15-12-9-8-10-13-15;;;/h8-10,12-13H,2-7,11,14H2,1H3,(H,19,20)(H,21,22);;;. The smallest absolute Gasteiger partial charge is 0.325 e. The van der Waals surface area contributed by atoms with Gasteiger partial charge in [0, 0.05) is 0 Å². The maximum atomic E-state index is 11.7. The first kappa shape index (κ1) is 21.9. The van der Waals surface area contributed by atoms with Gasteiger partial charge in [-0.3, -0.25) is 9.59 Å². The van der Waals surface area contributed by atoms with Crippen LogP contribution in [-0.2, 0) is 15.0 Å².